The molecule has 9 heteroatoms. The molecule has 0 spiro atoms. The third-order valence-electron chi connectivity index (χ3n) is 5.12. The maximum atomic E-state index is 12.5. The molecule has 0 radical (unpaired) electrons. The molecule has 29 heavy (non-hydrogen) atoms. The Balaban J connectivity index is 1.64. The van der Waals surface area contributed by atoms with Gasteiger partial charge in [0.1, 0.15) is 6.17 Å². The Labute approximate surface area is 168 Å². The summed E-state index contributed by atoms with van der Waals surface area (Å²) in [6.07, 6.45) is 0.131. The lowest BCUT2D eigenvalue weighted by atomic mass is 9.89. The number of carbonyl (C=O) groups excluding carboxylic acids is 4. The molecule has 0 N–H and O–H groups in total. The molecule has 1 aromatic rings. The smallest absolute Gasteiger partial charge is 0.330 e. The molecule has 3 rings (SSSR count). The molecule has 1 fully saturated rings. The van der Waals surface area contributed by atoms with Gasteiger partial charge < -0.3 is 4.84 Å². The number of hydrogen-bond acceptors (Lipinski definition) is 6. The van der Waals surface area contributed by atoms with Crippen LogP contribution in [0.3, 0.4) is 0 Å². The van der Waals surface area contributed by atoms with E-state index >= 15 is 0 Å². The number of benzene rings is 1. The molecular weight excluding hydrogens is 376 g/mol. The Bertz CT molecular complexity index is 864. The number of urea groups is 1. The molecule has 1 saturated heterocycles. The van der Waals surface area contributed by atoms with Crippen LogP contribution in [0.15, 0.2) is 34.5 Å². The highest BCUT2D eigenvalue weighted by Crippen LogP contribution is 2.32. The summed E-state index contributed by atoms with van der Waals surface area (Å²) in [5.41, 5.74) is 1.67. The van der Waals surface area contributed by atoms with E-state index in [-0.39, 0.29) is 18.5 Å². The van der Waals surface area contributed by atoms with Crippen molar-refractivity contribution in [2.45, 2.75) is 52.6 Å². The lowest BCUT2D eigenvalue weighted by Crippen LogP contribution is -2.35. The first kappa shape index (κ1) is 20.6. The molecule has 1 aromatic carbocycles. The second-order valence-electron chi connectivity index (χ2n) is 7.72. The van der Waals surface area contributed by atoms with Gasteiger partial charge in [0.05, 0.1) is 11.8 Å². The van der Waals surface area contributed by atoms with Crippen LogP contribution >= 0.6 is 0 Å². The molecular formula is C20H24N4O5. The van der Waals surface area contributed by atoms with Gasteiger partial charge in [-0.3, -0.25) is 14.5 Å². The number of hydrogen-bond donors (Lipinski definition) is 0. The molecule has 3 unspecified atom stereocenters. The molecule has 2 aliphatic rings. The fraction of sp³-hybridized carbons (Fsp3) is 0.500. The zero-order chi connectivity index (χ0) is 21.3. The third kappa shape index (κ3) is 4.18. The van der Waals surface area contributed by atoms with E-state index in [4.69, 9.17) is 4.84 Å². The van der Waals surface area contributed by atoms with Crippen LogP contribution in [0.4, 0.5) is 10.5 Å². The summed E-state index contributed by atoms with van der Waals surface area (Å²) in [7, 11) is 0. The van der Waals surface area contributed by atoms with E-state index < -0.39 is 35.7 Å². The summed E-state index contributed by atoms with van der Waals surface area (Å²) in [6.45, 7) is 7.01. The van der Waals surface area contributed by atoms with Crippen LogP contribution in [0.25, 0.3) is 0 Å². The molecule has 2 heterocycles. The van der Waals surface area contributed by atoms with Crippen LogP contribution < -0.4 is 4.90 Å². The zero-order valence-corrected chi connectivity index (χ0v) is 16.9. The van der Waals surface area contributed by atoms with Crippen molar-refractivity contribution >= 4 is 29.5 Å². The first-order chi connectivity index (χ1) is 13.7. The van der Waals surface area contributed by atoms with Crippen LogP contribution in [-0.2, 0) is 19.2 Å². The van der Waals surface area contributed by atoms with Gasteiger partial charge in [0.15, 0.2) is 0 Å². The number of azo groups is 1. The lowest BCUT2D eigenvalue weighted by Gasteiger charge is -2.20. The molecule has 9 nitrogen and oxygen atoms in total. The second kappa shape index (κ2) is 8.10. The van der Waals surface area contributed by atoms with Crippen LogP contribution in [0.2, 0.25) is 0 Å². The predicted molar refractivity (Wildman–Crippen MR) is 103 cm³/mol. The highest BCUT2D eigenvalue weighted by atomic mass is 16.7. The summed E-state index contributed by atoms with van der Waals surface area (Å²) >= 11 is 0. The van der Waals surface area contributed by atoms with Crippen LogP contribution in [-0.4, -0.2) is 35.0 Å². The highest BCUT2D eigenvalue weighted by molar-refractivity contribution is 6.03. The molecule has 0 aliphatic carbocycles. The highest BCUT2D eigenvalue weighted by Gasteiger charge is 2.42. The maximum absolute atomic E-state index is 12.5. The Morgan fingerprint density at radius 3 is 2.38 bits per heavy atom. The number of amides is 4. The van der Waals surface area contributed by atoms with E-state index in [2.05, 4.69) is 10.2 Å². The number of carbonyl (C=O) groups is 4. The SMILES string of the molecule is CC(C)C(=O)ON1C(=O)CC(CC(C)c2ccc(N3C(=O)N=NC3C)cc2)C1=O. The molecule has 154 valence electrons. The lowest BCUT2D eigenvalue weighted by molar-refractivity contribution is -0.200. The summed E-state index contributed by atoms with van der Waals surface area (Å²) < 4.78 is 0. The van der Waals surface area contributed by atoms with Gasteiger partial charge in [-0.1, -0.05) is 38.0 Å². The fourth-order valence-corrected chi connectivity index (χ4v) is 3.39. The topological polar surface area (TPSA) is 109 Å². The Morgan fingerprint density at radius 2 is 1.83 bits per heavy atom. The Kier molecular flexibility index (Phi) is 5.76. The van der Waals surface area contributed by atoms with Crippen molar-refractivity contribution in [2.24, 2.45) is 22.1 Å². The average molecular weight is 400 g/mol. The van der Waals surface area contributed by atoms with Crippen LogP contribution in [0.5, 0.6) is 0 Å². The van der Waals surface area contributed by atoms with E-state index in [9.17, 15) is 19.2 Å². The van der Waals surface area contributed by atoms with Gasteiger partial charge in [-0.2, -0.15) is 5.11 Å². The van der Waals surface area contributed by atoms with Gasteiger partial charge in [-0.05, 0) is 37.0 Å². The van der Waals surface area contributed by atoms with Crippen molar-refractivity contribution in [3.8, 4) is 0 Å². The van der Waals surface area contributed by atoms with Crippen LogP contribution in [0.1, 0.15) is 52.0 Å². The number of hydroxylamine groups is 2. The molecule has 0 bridgehead atoms. The minimum absolute atomic E-state index is 0.00683. The Morgan fingerprint density at radius 1 is 1.17 bits per heavy atom. The van der Waals surface area contributed by atoms with Gasteiger partial charge in [-0.15, -0.1) is 5.06 Å². The number of anilines is 1. The maximum Gasteiger partial charge on any atom is 0.368 e. The first-order valence-corrected chi connectivity index (χ1v) is 9.61. The van der Waals surface area contributed by atoms with Crippen molar-refractivity contribution in [2.75, 3.05) is 4.90 Å². The van der Waals surface area contributed by atoms with E-state index in [1.54, 1.807) is 20.8 Å². The van der Waals surface area contributed by atoms with Crippen molar-refractivity contribution < 1.29 is 24.0 Å². The van der Waals surface area contributed by atoms with Crippen molar-refractivity contribution in [1.82, 2.24) is 5.06 Å². The van der Waals surface area contributed by atoms with E-state index in [0.29, 0.717) is 17.2 Å². The number of imide groups is 1. The minimum Gasteiger partial charge on any atom is -0.330 e. The normalized spacial score (nSPS) is 22.7. The minimum atomic E-state index is -0.611. The van der Waals surface area contributed by atoms with E-state index in [0.717, 1.165) is 5.56 Å². The van der Waals surface area contributed by atoms with E-state index in [1.165, 1.54) is 4.90 Å². The molecule has 2 aliphatic heterocycles. The van der Waals surface area contributed by atoms with Gasteiger partial charge in [0, 0.05) is 12.1 Å². The van der Waals surface area contributed by atoms with E-state index in [1.807, 2.05) is 31.2 Å². The predicted octanol–water partition coefficient (Wildman–Crippen LogP) is 3.41. The first-order valence-electron chi connectivity index (χ1n) is 9.61. The third-order valence-corrected chi connectivity index (χ3v) is 5.12. The largest absolute Gasteiger partial charge is 0.368 e. The summed E-state index contributed by atoms with van der Waals surface area (Å²) in [5, 5.41) is 8.01. The number of nitrogens with zero attached hydrogens (tertiary/aromatic N) is 4. The van der Waals surface area contributed by atoms with Gasteiger partial charge in [0.2, 0.25) is 0 Å². The summed E-state index contributed by atoms with van der Waals surface area (Å²) in [6, 6.07) is 7.00. The zero-order valence-electron chi connectivity index (χ0n) is 16.9. The molecule has 0 saturated carbocycles. The average Bonchev–Trinajstić information content (AvgIpc) is 3.14. The fourth-order valence-electron chi connectivity index (χ4n) is 3.39. The van der Waals surface area contributed by atoms with Crippen LogP contribution in [0, 0.1) is 11.8 Å². The summed E-state index contributed by atoms with van der Waals surface area (Å²) in [5.74, 6) is -2.56. The van der Waals surface area contributed by atoms with Gasteiger partial charge >= 0.3 is 12.0 Å². The standard InChI is InChI=1S/C20H24N4O5/c1-11(2)19(27)29-24-17(25)10-15(18(24)26)9-12(3)14-5-7-16(8-6-14)23-13(4)21-22-20(23)28/h5-8,11-13,15H,9-10H2,1-4H3. The van der Waals surface area contributed by atoms with Crippen molar-refractivity contribution in [3.05, 3.63) is 29.8 Å². The Hall–Kier alpha value is -3.10. The van der Waals surface area contributed by atoms with Crippen molar-refractivity contribution in [3.63, 3.8) is 0 Å². The quantitative estimate of drug-likeness (QED) is 0.680. The van der Waals surface area contributed by atoms with Gasteiger partial charge in [0.25, 0.3) is 11.8 Å². The second-order valence-corrected chi connectivity index (χ2v) is 7.72. The summed E-state index contributed by atoms with van der Waals surface area (Å²) in [4.78, 5) is 54.6. The molecule has 0 aromatic heterocycles. The van der Waals surface area contributed by atoms with Crippen molar-refractivity contribution in [1.29, 1.82) is 0 Å². The molecule has 3 atom stereocenters. The molecule has 4 amide bonds. The van der Waals surface area contributed by atoms with Gasteiger partial charge in [-0.25, -0.2) is 9.59 Å². The number of rotatable bonds is 6. The monoisotopic (exact) mass is 400 g/mol.